The van der Waals surface area contributed by atoms with Gasteiger partial charge in [-0.15, -0.1) is 11.8 Å². The Morgan fingerprint density at radius 1 is 1.32 bits per heavy atom. The summed E-state index contributed by atoms with van der Waals surface area (Å²) in [6.07, 6.45) is -0.394. The second kappa shape index (κ2) is 11.5. The van der Waals surface area contributed by atoms with E-state index >= 15 is 0 Å². The molecule has 2 atom stereocenters. The van der Waals surface area contributed by atoms with Gasteiger partial charge in [-0.1, -0.05) is 13.8 Å². The molecule has 0 amide bonds. The van der Waals surface area contributed by atoms with E-state index in [1.165, 1.54) is 11.8 Å². The van der Waals surface area contributed by atoms with E-state index < -0.39 is 17.6 Å². The van der Waals surface area contributed by atoms with Gasteiger partial charge in [0.25, 0.3) is 0 Å². The molecule has 0 saturated carbocycles. The van der Waals surface area contributed by atoms with Gasteiger partial charge < -0.3 is 20.1 Å². The van der Waals surface area contributed by atoms with Crippen LogP contribution in [0.4, 0.5) is 0 Å². The molecule has 19 heavy (non-hydrogen) atoms. The molecule has 0 aliphatic rings. The van der Waals surface area contributed by atoms with E-state index in [0.29, 0.717) is 12.4 Å². The Bertz CT molecular complexity index is 238. The highest BCUT2D eigenvalue weighted by Gasteiger charge is 2.12. The Hall–Kier alpha value is -0.340. The summed E-state index contributed by atoms with van der Waals surface area (Å²) in [5.41, 5.74) is -0.674. The fraction of sp³-hybridized carbons (Fsp3) is 0.917. The van der Waals surface area contributed by atoms with E-state index in [0.717, 1.165) is 13.1 Å². The zero-order valence-electron chi connectivity index (χ0n) is 11.6. The molecule has 0 aliphatic heterocycles. The van der Waals surface area contributed by atoms with Crippen LogP contribution in [0.5, 0.6) is 0 Å². The highest BCUT2D eigenvalue weighted by molar-refractivity contribution is 7.99. The molecular weight excluding hydrogens is 270 g/mol. The number of rotatable bonds is 12. The minimum absolute atomic E-state index is 0.0320. The first-order valence-corrected chi connectivity index (χ1v) is 7.57. The van der Waals surface area contributed by atoms with Crippen molar-refractivity contribution in [2.45, 2.75) is 38.4 Å². The minimum Gasteiger partial charge on any atom is -0.481 e. The summed E-state index contributed by atoms with van der Waals surface area (Å²) in [6.45, 7) is 6.15. The van der Waals surface area contributed by atoms with Crippen LogP contribution in [-0.4, -0.2) is 69.9 Å². The number of ether oxygens (including phenoxy) is 1. The number of hydrogen-bond acceptors (Lipinski definition) is 6. The number of carbonyl (C=O) groups is 1. The maximum absolute atomic E-state index is 10.3. The van der Waals surface area contributed by atoms with Gasteiger partial charge in [0.2, 0.25) is 0 Å². The molecule has 0 radical (unpaired) electrons. The fourth-order valence-corrected chi connectivity index (χ4v) is 2.28. The standard InChI is InChI=1S/C12H25NO5S/c1-3-13(4-2)10(14)9-18-7-8-19-12(17)6-5-11(15)16/h10,12,14,17H,3-9H2,1-2H3,(H,15,16). The number of likely N-dealkylation sites (N-methyl/N-ethyl adjacent to an activating group) is 1. The van der Waals surface area contributed by atoms with Crippen LogP contribution in [-0.2, 0) is 9.53 Å². The Morgan fingerprint density at radius 3 is 2.47 bits per heavy atom. The summed E-state index contributed by atoms with van der Waals surface area (Å²) in [5, 5.41) is 27.7. The van der Waals surface area contributed by atoms with Crippen LogP contribution >= 0.6 is 11.8 Å². The normalized spacial score (nSPS) is 14.6. The molecular formula is C12H25NO5S. The predicted octanol–water partition coefficient (Wildman–Crippen LogP) is 0.580. The smallest absolute Gasteiger partial charge is 0.303 e. The Balaban J connectivity index is 3.51. The predicted molar refractivity (Wildman–Crippen MR) is 75.1 cm³/mol. The molecule has 114 valence electrons. The molecule has 0 fully saturated rings. The van der Waals surface area contributed by atoms with Gasteiger partial charge in [-0.2, -0.15) is 0 Å². The third kappa shape index (κ3) is 10.1. The lowest BCUT2D eigenvalue weighted by molar-refractivity contribution is -0.137. The highest BCUT2D eigenvalue weighted by Crippen LogP contribution is 2.13. The maximum Gasteiger partial charge on any atom is 0.303 e. The van der Waals surface area contributed by atoms with E-state index in [-0.39, 0.29) is 19.4 Å². The largest absolute Gasteiger partial charge is 0.481 e. The zero-order valence-corrected chi connectivity index (χ0v) is 12.4. The molecule has 0 saturated heterocycles. The molecule has 2 unspecified atom stereocenters. The number of carboxylic acids is 1. The van der Waals surface area contributed by atoms with Crippen molar-refractivity contribution >= 4 is 17.7 Å². The molecule has 3 N–H and O–H groups in total. The second-order valence-corrected chi connectivity index (χ2v) is 5.32. The van der Waals surface area contributed by atoms with Gasteiger partial charge in [0.15, 0.2) is 0 Å². The van der Waals surface area contributed by atoms with Crippen molar-refractivity contribution in [3.8, 4) is 0 Å². The summed E-state index contributed by atoms with van der Waals surface area (Å²) in [7, 11) is 0. The number of hydrogen-bond donors (Lipinski definition) is 3. The maximum atomic E-state index is 10.3. The van der Waals surface area contributed by atoms with Crippen LogP contribution in [0.1, 0.15) is 26.7 Å². The molecule has 7 heteroatoms. The average Bonchev–Trinajstić information content (AvgIpc) is 2.37. The molecule has 0 heterocycles. The van der Waals surface area contributed by atoms with Crippen LogP contribution in [0.15, 0.2) is 0 Å². The monoisotopic (exact) mass is 295 g/mol. The van der Waals surface area contributed by atoms with Crippen molar-refractivity contribution in [1.29, 1.82) is 0 Å². The number of thioether (sulfide) groups is 1. The number of aliphatic hydroxyl groups excluding tert-OH is 2. The van der Waals surface area contributed by atoms with E-state index in [1.54, 1.807) is 0 Å². The summed E-state index contributed by atoms with van der Waals surface area (Å²) >= 11 is 1.26. The number of carboxylic acid groups (broad SMARTS) is 1. The van der Waals surface area contributed by atoms with Gasteiger partial charge in [-0.25, -0.2) is 0 Å². The lowest BCUT2D eigenvalue weighted by Crippen LogP contribution is -2.38. The van der Waals surface area contributed by atoms with Gasteiger partial charge in [-0.05, 0) is 19.5 Å². The third-order valence-electron chi connectivity index (χ3n) is 2.64. The fourth-order valence-electron chi connectivity index (χ4n) is 1.51. The van der Waals surface area contributed by atoms with Crippen LogP contribution in [0, 0.1) is 0 Å². The summed E-state index contributed by atoms with van der Waals surface area (Å²) < 4.78 is 5.32. The summed E-state index contributed by atoms with van der Waals surface area (Å²) in [6, 6.07) is 0. The van der Waals surface area contributed by atoms with E-state index in [1.807, 2.05) is 18.7 Å². The summed E-state index contributed by atoms with van der Waals surface area (Å²) in [4.78, 5) is 12.2. The van der Waals surface area contributed by atoms with Crippen LogP contribution in [0.3, 0.4) is 0 Å². The Morgan fingerprint density at radius 2 is 1.95 bits per heavy atom. The topological polar surface area (TPSA) is 90.2 Å². The van der Waals surface area contributed by atoms with Crippen molar-refractivity contribution in [2.24, 2.45) is 0 Å². The van der Waals surface area contributed by atoms with E-state index in [4.69, 9.17) is 9.84 Å². The quantitative estimate of drug-likeness (QED) is 0.358. The first-order chi connectivity index (χ1) is 9.01. The number of nitrogens with zero attached hydrogens (tertiary/aromatic N) is 1. The van der Waals surface area contributed by atoms with Crippen molar-refractivity contribution in [2.75, 3.05) is 32.1 Å². The van der Waals surface area contributed by atoms with Crippen LogP contribution < -0.4 is 0 Å². The first-order valence-electron chi connectivity index (χ1n) is 6.52. The van der Waals surface area contributed by atoms with Crippen molar-refractivity contribution in [3.63, 3.8) is 0 Å². The van der Waals surface area contributed by atoms with E-state index in [9.17, 15) is 15.0 Å². The molecule has 0 aliphatic carbocycles. The van der Waals surface area contributed by atoms with Gasteiger partial charge >= 0.3 is 5.97 Å². The first kappa shape index (κ1) is 18.7. The molecule has 0 aromatic carbocycles. The van der Waals surface area contributed by atoms with Crippen LogP contribution in [0.2, 0.25) is 0 Å². The van der Waals surface area contributed by atoms with Crippen molar-refractivity contribution in [1.82, 2.24) is 4.90 Å². The molecule has 0 bridgehead atoms. The van der Waals surface area contributed by atoms with Gasteiger partial charge in [0.05, 0.1) is 18.6 Å². The second-order valence-electron chi connectivity index (χ2n) is 4.03. The minimum atomic E-state index is -0.904. The lowest BCUT2D eigenvalue weighted by atomic mass is 10.3. The molecule has 0 spiro atoms. The molecule has 0 rings (SSSR count). The van der Waals surface area contributed by atoms with Crippen LogP contribution in [0.25, 0.3) is 0 Å². The SMILES string of the molecule is CCN(CC)C(O)COCCSC(O)CCC(=O)O. The molecule has 0 aromatic rings. The molecule has 0 aromatic heterocycles. The van der Waals surface area contributed by atoms with Gasteiger partial charge in [0, 0.05) is 12.2 Å². The Labute approximate surface area is 118 Å². The van der Waals surface area contributed by atoms with Gasteiger partial charge in [0.1, 0.15) is 6.23 Å². The summed E-state index contributed by atoms with van der Waals surface area (Å²) in [5.74, 6) is -0.329. The number of aliphatic hydroxyl groups is 2. The number of aliphatic carboxylic acids is 1. The van der Waals surface area contributed by atoms with Crippen molar-refractivity contribution in [3.05, 3.63) is 0 Å². The highest BCUT2D eigenvalue weighted by atomic mass is 32.2. The molecule has 6 nitrogen and oxygen atoms in total. The lowest BCUT2D eigenvalue weighted by Gasteiger charge is -2.24. The zero-order chi connectivity index (χ0) is 14.7. The average molecular weight is 295 g/mol. The Kier molecular flexibility index (Phi) is 11.3. The van der Waals surface area contributed by atoms with E-state index in [2.05, 4.69) is 0 Å². The third-order valence-corrected chi connectivity index (χ3v) is 3.67. The van der Waals surface area contributed by atoms with Gasteiger partial charge in [-0.3, -0.25) is 9.69 Å². The van der Waals surface area contributed by atoms with Crippen molar-refractivity contribution < 1.29 is 24.9 Å².